The van der Waals surface area contributed by atoms with E-state index in [0.717, 1.165) is 16.3 Å². The molecule has 0 atom stereocenters. The van der Waals surface area contributed by atoms with Gasteiger partial charge in [-0.05, 0) is 11.6 Å². The van der Waals surface area contributed by atoms with Crippen molar-refractivity contribution in [1.29, 1.82) is 0 Å². The van der Waals surface area contributed by atoms with Gasteiger partial charge in [-0.1, -0.05) is 48.5 Å². The first-order chi connectivity index (χ1) is 10.4. The van der Waals surface area contributed by atoms with Crippen molar-refractivity contribution in [2.45, 2.75) is 13.2 Å². The molecule has 1 heterocycles. The number of aromatic nitrogens is 1. The first kappa shape index (κ1) is 13.8. The molecule has 4 heteroatoms. The summed E-state index contributed by atoms with van der Waals surface area (Å²) in [6.07, 6.45) is 1.91. The van der Waals surface area contributed by atoms with Gasteiger partial charge < -0.3 is 10.4 Å². The van der Waals surface area contributed by atoms with Crippen molar-refractivity contribution >= 4 is 17.0 Å². The van der Waals surface area contributed by atoms with Gasteiger partial charge >= 0.3 is 0 Å². The minimum Gasteiger partial charge on any atom is -0.392 e. The number of nitrogens with one attached hydrogen (secondary N) is 1. The van der Waals surface area contributed by atoms with Crippen LogP contribution in [-0.4, -0.2) is 10.1 Å². The molecule has 3 aromatic rings. The van der Waals surface area contributed by atoms with Crippen LogP contribution in [0.3, 0.4) is 0 Å². The van der Waals surface area contributed by atoms with Gasteiger partial charge in [0.25, 0.3) is 0 Å². The maximum absolute atomic E-state index is 9.32. The molecule has 0 bridgehead atoms. The van der Waals surface area contributed by atoms with Crippen LogP contribution >= 0.6 is 11.3 Å². The van der Waals surface area contributed by atoms with Crippen molar-refractivity contribution < 1.29 is 5.11 Å². The van der Waals surface area contributed by atoms with E-state index in [1.807, 2.05) is 48.7 Å². The molecule has 0 spiro atoms. The lowest BCUT2D eigenvalue weighted by Gasteiger charge is -2.08. The van der Waals surface area contributed by atoms with Crippen molar-refractivity contribution in [2.24, 2.45) is 0 Å². The number of benzene rings is 2. The number of hydrogen-bond acceptors (Lipinski definition) is 4. The summed E-state index contributed by atoms with van der Waals surface area (Å²) in [7, 11) is 0. The summed E-state index contributed by atoms with van der Waals surface area (Å²) in [5, 5.41) is 13.7. The third kappa shape index (κ3) is 3.29. The molecule has 2 N–H and O–H groups in total. The fourth-order valence-electron chi connectivity index (χ4n) is 2.13. The van der Waals surface area contributed by atoms with Gasteiger partial charge in [-0.15, -0.1) is 11.3 Å². The Morgan fingerprint density at radius 3 is 2.57 bits per heavy atom. The maximum atomic E-state index is 9.32. The molecule has 0 aliphatic heterocycles. The van der Waals surface area contributed by atoms with E-state index in [1.54, 1.807) is 11.3 Å². The lowest BCUT2D eigenvalue weighted by molar-refractivity contribution is 0.282. The number of nitrogens with zero attached hydrogens (tertiary/aromatic N) is 1. The summed E-state index contributed by atoms with van der Waals surface area (Å²) in [6, 6.07) is 18.0. The van der Waals surface area contributed by atoms with E-state index in [2.05, 4.69) is 22.4 Å². The zero-order chi connectivity index (χ0) is 14.5. The van der Waals surface area contributed by atoms with Crippen LogP contribution in [0.2, 0.25) is 0 Å². The van der Waals surface area contributed by atoms with Crippen LogP contribution in [0.5, 0.6) is 0 Å². The Labute approximate surface area is 127 Å². The highest BCUT2D eigenvalue weighted by Crippen LogP contribution is 2.26. The zero-order valence-corrected chi connectivity index (χ0v) is 12.3. The molecule has 106 valence electrons. The number of hydrogen-bond donors (Lipinski definition) is 2. The van der Waals surface area contributed by atoms with E-state index in [9.17, 15) is 5.11 Å². The standard InChI is InChI=1S/C17H16N2OS/c20-12-14-8-4-5-9-15(14)18-11-17-19-10-16(21-17)13-6-2-1-3-7-13/h1-10,18,20H,11-12H2. The van der Waals surface area contributed by atoms with Gasteiger partial charge in [-0.25, -0.2) is 4.98 Å². The summed E-state index contributed by atoms with van der Waals surface area (Å²) in [6.45, 7) is 0.699. The largest absolute Gasteiger partial charge is 0.392 e. The van der Waals surface area contributed by atoms with Gasteiger partial charge in [0.15, 0.2) is 0 Å². The molecular weight excluding hydrogens is 280 g/mol. The molecular formula is C17H16N2OS. The molecule has 0 aliphatic carbocycles. The summed E-state index contributed by atoms with van der Waals surface area (Å²) in [4.78, 5) is 5.63. The number of aliphatic hydroxyl groups is 1. The van der Waals surface area contributed by atoms with E-state index >= 15 is 0 Å². The highest BCUT2D eigenvalue weighted by Gasteiger charge is 2.05. The molecule has 0 saturated carbocycles. The number of aliphatic hydroxyl groups excluding tert-OH is 1. The molecule has 0 saturated heterocycles. The lowest BCUT2D eigenvalue weighted by atomic mass is 10.2. The Hall–Kier alpha value is -2.17. The molecule has 21 heavy (non-hydrogen) atoms. The second-order valence-corrected chi connectivity index (χ2v) is 5.77. The minimum atomic E-state index is 0.0380. The Morgan fingerprint density at radius 2 is 1.76 bits per heavy atom. The predicted molar refractivity (Wildman–Crippen MR) is 87.2 cm³/mol. The normalized spacial score (nSPS) is 10.5. The molecule has 0 amide bonds. The van der Waals surface area contributed by atoms with E-state index in [0.29, 0.717) is 6.54 Å². The molecule has 0 unspecified atom stereocenters. The quantitative estimate of drug-likeness (QED) is 0.750. The van der Waals surface area contributed by atoms with Gasteiger partial charge in [0.1, 0.15) is 5.01 Å². The zero-order valence-electron chi connectivity index (χ0n) is 11.5. The Kier molecular flexibility index (Phi) is 4.28. The third-order valence-electron chi connectivity index (χ3n) is 3.23. The smallest absolute Gasteiger partial charge is 0.112 e. The van der Waals surface area contributed by atoms with E-state index in [4.69, 9.17) is 0 Å². The van der Waals surface area contributed by atoms with Gasteiger partial charge in [0.2, 0.25) is 0 Å². The summed E-state index contributed by atoms with van der Waals surface area (Å²) >= 11 is 1.68. The van der Waals surface area contributed by atoms with E-state index < -0.39 is 0 Å². The summed E-state index contributed by atoms with van der Waals surface area (Å²) in [5.41, 5.74) is 3.05. The fraction of sp³-hybridized carbons (Fsp3) is 0.118. The Bertz CT molecular complexity index is 710. The average molecular weight is 296 g/mol. The third-order valence-corrected chi connectivity index (χ3v) is 4.28. The fourth-order valence-corrected chi connectivity index (χ4v) is 2.99. The molecule has 0 aliphatic rings. The molecule has 2 aromatic carbocycles. The van der Waals surface area contributed by atoms with Crippen LogP contribution < -0.4 is 5.32 Å². The molecule has 0 radical (unpaired) electrons. The summed E-state index contributed by atoms with van der Waals surface area (Å²) < 4.78 is 0. The predicted octanol–water partition coefficient (Wildman–Crippen LogP) is 3.91. The molecule has 0 fully saturated rings. The SMILES string of the molecule is OCc1ccccc1NCc1ncc(-c2ccccc2)s1. The van der Waals surface area contributed by atoms with Gasteiger partial charge in [-0.2, -0.15) is 0 Å². The number of para-hydroxylation sites is 1. The Balaban J connectivity index is 1.71. The van der Waals surface area contributed by atoms with E-state index in [1.165, 1.54) is 10.4 Å². The van der Waals surface area contributed by atoms with Crippen LogP contribution in [0.1, 0.15) is 10.6 Å². The van der Waals surface area contributed by atoms with Crippen molar-refractivity contribution in [1.82, 2.24) is 4.98 Å². The molecule has 3 rings (SSSR count). The molecule has 3 nitrogen and oxygen atoms in total. The number of rotatable bonds is 5. The average Bonchev–Trinajstić information content (AvgIpc) is 3.03. The van der Waals surface area contributed by atoms with Crippen LogP contribution in [0, 0.1) is 0 Å². The monoisotopic (exact) mass is 296 g/mol. The van der Waals surface area contributed by atoms with Crippen LogP contribution in [-0.2, 0) is 13.2 Å². The number of anilines is 1. The second-order valence-electron chi connectivity index (χ2n) is 4.65. The minimum absolute atomic E-state index is 0.0380. The van der Waals surface area contributed by atoms with Crippen molar-refractivity contribution in [3.8, 4) is 10.4 Å². The van der Waals surface area contributed by atoms with Crippen molar-refractivity contribution in [3.63, 3.8) is 0 Å². The van der Waals surface area contributed by atoms with Crippen molar-refractivity contribution in [3.05, 3.63) is 71.4 Å². The lowest BCUT2D eigenvalue weighted by Crippen LogP contribution is -2.01. The second kappa shape index (κ2) is 6.52. The Morgan fingerprint density at radius 1 is 1.00 bits per heavy atom. The van der Waals surface area contributed by atoms with Gasteiger partial charge in [-0.3, -0.25) is 0 Å². The maximum Gasteiger partial charge on any atom is 0.112 e. The number of thiazole rings is 1. The van der Waals surface area contributed by atoms with Crippen LogP contribution in [0.4, 0.5) is 5.69 Å². The highest BCUT2D eigenvalue weighted by molar-refractivity contribution is 7.15. The van der Waals surface area contributed by atoms with Gasteiger partial charge in [0, 0.05) is 17.4 Å². The van der Waals surface area contributed by atoms with Crippen LogP contribution in [0.15, 0.2) is 60.8 Å². The van der Waals surface area contributed by atoms with Crippen LogP contribution in [0.25, 0.3) is 10.4 Å². The topological polar surface area (TPSA) is 45.1 Å². The van der Waals surface area contributed by atoms with E-state index in [-0.39, 0.29) is 6.61 Å². The highest BCUT2D eigenvalue weighted by atomic mass is 32.1. The first-order valence-electron chi connectivity index (χ1n) is 6.79. The van der Waals surface area contributed by atoms with Crippen molar-refractivity contribution in [2.75, 3.05) is 5.32 Å². The van der Waals surface area contributed by atoms with Gasteiger partial charge in [0.05, 0.1) is 18.0 Å². The summed E-state index contributed by atoms with van der Waals surface area (Å²) in [5.74, 6) is 0. The molecule has 1 aromatic heterocycles. The first-order valence-corrected chi connectivity index (χ1v) is 7.61.